The molecule has 0 bridgehead atoms. The Bertz CT molecular complexity index is 1500. The second kappa shape index (κ2) is 10.6. The number of halogens is 2. The second-order valence-electron chi connectivity index (χ2n) is 15.8. The topological polar surface area (TPSA) is 0 Å². The molecule has 0 aromatic heterocycles. The molecular weight excluding hydrogens is 587 g/mol. The summed E-state index contributed by atoms with van der Waals surface area (Å²) in [7, 11) is 0. The molecule has 0 nitrogen and oxygen atoms in total. The van der Waals surface area contributed by atoms with Crippen molar-refractivity contribution in [2.75, 3.05) is 0 Å². The Labute approximate surface area is 274 Å². The molecule has 2 saturated carbocycles. The molecule has 3 atom stereocenters. The summed E-state index contributed by atoms with van der Waals surface area (Å²) in [6.07, 6.45) is 22.9. The Morgan fingerprint density at radius 1 is 0.810 bits per heavy atom. The fourth-order valence-electron chi connectivity index (χ4n) is 11.0. The summed E-state index contributed by atoms with van der Waals surface area (Å²) in [5.41, 5.74) is 10.7. The van der Waals surface area contributed by atoms with E-state index in [1.165, 1.54) is 44.9 Å². The molecule has 7 rings (SSSR count). The molecular formula is C39H50Cl2Ti. The fraction of sp³-hybridized carbons (Fsp3) is 0.564. The summed E-state index contributed by atoms with van der Waals surface area (Å²) in [5, 5.41) is 0. The van der Waals surface area contributed by atoms with Crippen molar-refractivity contribution in [2.45, 2.75) is 110 Å². The van der Waals surface area contributed by atoms with Crippen LogP contribution in [0.1, 0.15) is 111 Å². The first-order valence-electron chi connectivity index (χ1n) is 16.2. The van der Waals surface area contributed by atoms with E-state index in [1.807, 2.05) is 13.3 Å². The zero-order valence-electron chi connectivity index (χ0n) is 27.2. The van der Waals surface area contributed by atoms with Crippen molar-refractivity contribution in [3.63, 3.8) is 0 Å². The van der Waals surface area contributed by atoms with Gasteiger partial charge >= 0.3 is 251 Å². The van der Waals surface area contributed by atoms with E-state index in [2.05, 4.69) is 110 Å². The molecule has 0 heterocycles. The van der Waals surface area contributed by atoms with Gasteiger partial charge in [0.05, 0.1) is 0 Å². The molecule has 6 aliphatic rings. The third kappa shape index (κ3) is 3.74. The van der Waals surface area contributed by atoms with Crippen LogP contribution in [0.25, 0.3) is 5.57 Å². The first-order valence-corrected chi connectivity index (χ1v) is 18.6. The number of hydrogen-bond acceptors (Lipinski definition) is 0. The molecule has 0 amide bonds. The third-order valence-electron chi connectivity index (χ3n) is 14.4. The van der Waals surface area contributed by atoms with Crippen molar-refractivity contribution in [1.29, 1.82) is 0 Å². The number of allylic oxidation sites excluding steroid dienone is 10. The van der Waals surface area contributed by atoms with Gasteiger partial charge in [0.15, 0.2) is 0 Å². The van der Waals surface area contributed by atoms with Crippen molar-refractivity contribution < 1.29 is 42.2 Å². The van der Waals surface area contributed by atoms with Gasteiger partial charge in [-0.2, -0.15) is 0 Å². The maximum absolute atomic E-state index is 2.84. The Kier molecular flexibility index (Phi) is 8.18. The molecule has 6 aliphatic carbocycles. The van der Waals surface area contributed by atoms with E-state index in [9.17, 15) is 0 Å². The number of hydrogen-bond donors (Lipinski definition) is 0. The summed E-state index contributed by atoms with van der Waals surface area (Å²) in [6.45, 7) is 21.8. The minimum Gasteiger partial charge on any atom is -1.00 e. The van der Waals surface area contributed by atoms with E-state index in [1.54, 1.807) is 27.8 Å². The van der Waals surface area contributed by atoms with Crippen LogP contribution in [0.4, 0.5) is 0 Å². The van der Waals surface area contributed by atoms with Gasteiger partial charge < -0.3 is 24.8 Å². The van der Waals surface area contributed by atoms with Crippen molar-refractivity contribution in [3.05, 3.63) is 86.4 Å². The smallest absolute Gasteiger partial charge is 1.00 e. The monoisotopic (exact) mass is 636 g/mol. The first kappa shape index (κ1) is 32.5. The SMILES string of the molecule is CC12C(=C3Cc4ccccc4C3=C3C=CCCC31)[C](C)([Ti+2]([C]1=CC=CC1)=[C]1CCCC1)C(C)(C)C(C)(C)C2(C)C.[Cl-].[Cl-]. The van der Waals surface area contributed by atoms with E-state index in [4.69, 9.17) is 0 Å². The van der Waals surface area contributed by atoms with E-state index >= 15 is 0 Å². The summed E-state index contributed by atoms with van der Waals surface area (Å²) >= 11 is -1.93. The maximum Gasteiger partial charge on any atom is -1.00 e. The van der Waals surface area contributed by atoms with Crippen LogP contribution >= 0.6 is 0 Å². The molecule has 0 radical (unpaired) electrons. The van der Waals surface area contributed by atoms with E-state index in [-0.39, 0.29) is 50.2 Å². The van der Waals surface area contributed by atoms with Gasteiger partial charge in [0, 0.05) is 0 Å². The van der Waals surface area contributed by atoms with Crippen LogP contribution in [0.5, 0.6) is 0 Å². The van der Waals surface area contributed by atoms with Gasteiger partial charge in [-0.05, 0) is 0 Å². The molecule has 3 unspecified atom stereocenters. The zero-order chi connectivity index (χ0) is 28.3. The summed E-state index contributed by atoms with van der Waals surface area (Å²) in [4.78, 5) is 0. The molecule has 42 heavy (non-hydrogen) atoms. The van der Waals surface area contributed by atoms with Gasteiger partial charge in [-0.15, -0.1) is 0 Å². The van der Waals surface area contributed by atoms with Gasteiger partial charge in [-0.25, -0.2) is 0 Å². The van der Waals surface area contributed by atoms with Gasteiger partial charge in [0.1, 0.15) is 0 Å². The maximum atomic E-state index is 2.84. The average molecular weight is 638 g/mol. The predicted molar refractivity (Wildman–Crippen MR) is 169 cm³/mol. The average Bonchev–Trinajstić information content (AvgIpc) is 3.70. The number of rotatable bonds is 2. The minimum absolute atomic E-state index is 0. The van der Waals surface area contributed by atoms with Crippen molar-refractivity contribution in [2.24, 2.45) is 27.6 Å². The molecule has 224 valence electrons. The van der Waals surface area contributed by atoms with Crippen molar-refractivity contribution in [1.82, 2.24) is 0 Å². The van der Waals surface area contributed by atoms with Crippen LogP contribution in [0, 0.1) is 27.6 Å². The predicted octanol–water partition coefficient (Wildman–Crippen LogP) is 4.77. The standard InChI is InChI=1S/C29H37.C5H8.C5H5.2ClH.Ti/c1-18-25-22-17-19-13-9-10-14-20(19)24(22)21-15-11-12-16-23(21)29(25,8)28(6,7)27(4,5)26(18,2)3;2*1-2-4-5-3-1;;;/h9-11,13-15,23H,12,16-17H2,1-8H3;1-4H2;1-3H,4H2;2*1H;/q;;;;;+2/p-2. The second-order valence-corrected chi connectivity index (χ2v) is 20.6. The molecule has 1 aromatic carbocycles. The van der Waals surface area contributed by atoms with Crippen LogP contribution in [-0.4, -0.2) is 3.81 Å². The fourth-order valence-corrected chi connectivity index (χ4v) is 18.5. The minimum atomic E-state index is -1.93. The Balaban J connectivity index is 0.00000176. The van der Waals surface area contributed by atoms with Crippen molar-refractivity contribution in [3.8, 4) is 0 Å². The first-order chi connectivity index (χ1) is 18.9. The number of fused-ring (bicyclic) bond motifs is 6. The summed E-state index contributed by atoms with van der Waals surface area (Å²) in [6, 6.07) is 9.44. The third-order valence-corrected chi connectivity index (χ3v) is 20.8. The van der Waals surface area contributed by atoms with Gasteiger partial charge in [-0.1, -0.05) is 0 Å². The molecule has 0 N–H and O–H groups in total. The summed E-state index contributed by atoms with van der Waals surface area (Å²) in [5.74, 6) is 0.589. The van der Waals surface area contributed by atoms with Crippen LogP contribution in [-0.2, 0) is 23.8 Å². The van der Waals surface area contributed by atoms with E-state index < -0.39 is 17.4 Å². The van der Waals surface area contributed by atoms with Crippen LogP contribution < -0.4 is 24.8 Å². The van der Waals surface area contributed by atoms with E-state index in [0.29, 0.717) is 5.92 Å². The van der Waals surface area contributed by atoms with E-state index in [0.717, 1.165) is 6.42 Å². The van der Waals surface area contributed by atoms with Crippen molar-refractivity contribution >= 4 is 9.38 Å². The Morgan fingerprint density at radius 2 is 1.50 bits per heavy atom. The molecule has 2 fully saturated rings. The largest absolute Gasteiger partial charge is 1.00 e. The summed E-state index contributed by atoms with van der Waals surface area (Å²) < 4.78 is 4.08. The molecule has 1 aromatic rings. The van der Waals surface area contributed by atoms with Gasteiger partial charge in [-0.3, -0.25) is 0 Å². The Hall–Kier alpha value is -0.916. The molecule has 0 aliphatic heterocycles. The van der Waals surface area contributed by atoms with Gasteiger partial charge in [0.2, 0.25) is 0 Å². The molecule has 3 heteroatoms. The van der Waals surface area contributed by atoms with Gasteiger partial charge in [0.25, 0.3) is 0 Å². The molecule has 0 saturated heterocycles. The quantitative estimate of drug-likeness (QED) is 0.411. The Morgan fingerprint density at radius 3 is 2.17 bits per heavy atom. The normalized spacial score (nSPS) is 32.6. The zero-order valence-corrected chi connectivity index (χ0v) is 30.3. The number of benzene rings is 1. The van der Waals surface area contributed by atoms with Crippen LogP contribution in [0.3, 0.4) is 0 Å². The van der Waals surface area contributed by atoms with Crippen LogP contribution in [0.15, 0.2) is 75.2 Å². The van der Waals surface area contributed by atoms with Crippen LogP contribution in [0.2, 0.25) is 3.72 Å². The molecule has 0 spiro atoms.